The van der Waals surface area contributed by atoms with Crippen molar-refractivity contribution in [2.75, 3.05) is 0 Å². The Morgan fingerprint density at radius 2 is 2.31 bits per heavy atom. The van der Waals surface area contributed by atoms with Crippen LogP contribution in [0.2, 0.25) is 0 Å². The number of hydrogen-bond acceptors (Lipinski definition) is 4. The molecule has 0 aliphatic rings. The van der Waals surface area contributed by atoms with Gasteiger partial charge in [-0.2, -0.15) is 0 Å². The molecule has 4 nitrogen and oxygen atoms in total. The van der Waals surface area contributed by atoms with Crippen LogP contribution in [0.5, 0.6) is 0 Å². The number of hydrogen-bond donors (Lipinski definition) is 0. The Balaban J connectivity index is 2.52. The van der Waals surface area contributed by atoms with Crippen molar-refractivity contribution in [1.82, 2.24) is 0 Å². The molecule has 0 unspecified atom stereocenters. The first-order chi connectivity index (χ1) is 6.29. The number of nitro groups is 1. The van der Waals surface area contributed by atoms with E-state index < -0.39 is 4.92 Å². The smallest absolute Gasteiger partial charge is 0.291 e. The molecule has 0 amide bonds. The molecule has 0 aliphatic heterocycles. The fraction of sp³-hybridized carbons (Fsp3) is 0. The quantitative estimate of drug-likeness (QED) is 0.546. The maximum absolute atomic E-state index is 10.5. The van der Waals surface area contributed by atoms with E-state index in [9.17, 15) is 10.1 Å². The number of rotatable bonds is 2. The lowest BCUT2D eigenvalue weighted by Crippen LogP contribution is -1.85. The second kappa shape index (κ2) is 3.02. The van der Waals surface area contributed by atoms with Gasteiger partial charge in [0.15, 0.2) is 5.76 Å². The van der Waals surface area contributed by atoms with Gasteiger partial charge < -0.3 is 4.42 Å². The molecule has 0 spiro atoms. The van der Waals surface area contributed by atoms with Gasteiger partial charge >= 0.3 is 0 Å². The summed E-state index contributed by atoms with van der Waals surface area (Å²) in [4.78, 5) is 10.7. The molecular formula is C8H5NO3S. The van der Waals surface area contributed by atoms with Gasteiger partial charge in [-0.3, -0.25) is 10.1 Å². The molecule has 0 fully saturated rings. The van der Waals surface area contributed by atoms with Crippen molar-refractivity contribution < 1.29 is 9.34 Å². The van der Waals surface area contributed by atoms with E-state index >= 15 is 0 Å². The van der Waals surface area contributed by atoms with Crippen molar-refractivity contribution in [3.8, 4) is 10.6 Å². The van der Waals surface area contributed by atoms with Crippen molar-refractivity contribution in [3.63, 3.8) is 0 Å². The number of nitrogens with zero attached hydrogens (tertiary/aromatic N) is 1. The standard InChI is InChI=1S/C8H5NO3S/c10-9(11)6-3-5-13-8(6)7-2-1-4-12-7/h1-5H. The Morgan fingerprint density at radius 1 is 1.46 bits per heavy atom. The van der Waals surface area contributed by atoms with Crippen molar-refractivity contribution in [2.45, 2.75) is 0 Å². The lowest BCUT2D eigenvalue weighted by Gasteiger charge is -1.90. The highest BCUT2D eigenvalue weighted by atomic mass is 32.1. The highest BCUT2D eigenvalue weighted by Gasteiger charge is 2.18. The van der Waals surface area contributed by atoms with Gasteiger partial charge in [-0.1, -0.05) is 0 Å². The number of furan rings is 1. The zero-order valence-electron chi connectivity index (χ0n) is 6.47. The molecule has 0 aliphatic carbocycles. The van der Waals surface area contributed by atoms with E-state index in [1.54, 1.807) is 17.5 Å². The van der Waals surface area contributed by atoms with Gasteiger partial charge in [0.1, 0.15) is 4.88 Å². The molecule has 5 heteroatoms. The molecular weight excluding hydrogens is 190 g/mol. The Kier molecular flexibility index (Phi) is 1.86. The zero-order chi connectivity index (χ0) is 9.26. The average Bonchev–Trinajstić information content (AvgIpc) is 2.74. The first-order valence-electron chi connectivity index (χ1n) is 3.55. The third kappa shape index (κ3) is 1.33. The van der Waals surface area contributed by atoms with Gasteiger partial charge in [0.25, 0.3) is 5.69 Å². The Hall–Kier alpha value is -1.62. The molecule has 0 saturated carbocycles. The summed E-state index contributed by atoms with van der Waals surface area (Å²) in [7, 11) is 0. The summed E-state index contributed by atoms with van der Waals surface area (Å²) in [5.74, 6) is 0.543. The van der Waals surface area contributed by atoms with E-state index in [2.05, 4.69) is 0 Å². The summed E-state index contributed by atoms with van der Waals surface area (Å²) in [5.41, 5.74) is 0.0972. The summed E-state index contributed by atoms with van der Waals surface area (Å²) in [6, 6.07) is 4.89. The Morgan fingerprint density at radius 3 is 2.92 bits per heavy atom. The lowest BCUT2D eigenvalue weighted by molar-refractivity contribution is -0.383. The maximum atomic E-state index is 10.5. The van der Waals surface area contributed by atoms with Crippen LogP contribution in [-0.2, 0) is 0 Å². The minimum absolute atomic E-state index is 0.0972. The highest BCUT2D eigenvalue weighted by molar-refractivity contribution is 7.14. The van der Waals surface area contributed by atoms with Crippen LogP contribution >= 0.6 is 11.3 Å². The molecule has 2 heterocycles. The topological polar surface area (TPSA) is 56.3 Å². The second-order valence-electron chi connectivity index (χ2n) is 2.37. The molecule has 2 rings (SSSR count). The molecule has 0 N–H and O–H groups in total. The maximum Gasteiger partial charge on any atom is 0.291 e. The first kappa shape index (κ1) is 8.00. The van der Waals surface area contributed by atoms with Crippen LogP contribution in [0.4, 0.5) is 5.69 Å². The molecule has 66 valence electrons. The predicted molar refractivity (Wildman–Crippen MR) is 48.7 cm³/mol. The monoisotopic (exact) mass is 195 g/mol. The van der Waals surface area contributed by atoms with Crippen LogP contribution in [0.1, 0.15) is 0 Å². The molecule has 13 heavy (non-hydrogen) atoms. The Labute approximate surface area is 77.6 Å². The molecule has 0 bridgehead atoms. The predicted octanol–water partition coefficient (Wildman–Crippen LogP) is 2.92. The molecule has 2 aromatic rings. The van der Waals surface area contributed by atoms with Gasteiger partial charge in [0.2, 0.25) is 0 Å². The molecule has 0 atom stereocenters. The minimum Gasteiger partial charge on any atom is -0.463 e. The first-order valence-corrected chi connectivity index (χ1v) is 4.43. The largest absolute Gasteiger partial charge is 0.463 e. The van der Waals surface area contributed by atoms with E-state index in [0.717, 1.165) is 0 Å². The normalized spacial score (nSPS) is 10.2. The molecule has 2 aromatic heterocycles. The van der Waals surface area contributed by atoms with Gasteiger partial charge in [0.05, 0.1) is 11.2 Å². The van der Waals surface area contributed by atoms with Crippen LogP contribution in [0.3, 0.4) is 0 Å². The number of thiophene rings is 1. The summed E-state index contributed by atoms with van der Waals surface area (Å²) in [6.45, 7) is 0. The second-order valence-corrected chi connectivity index (χ2v) is 3.29. The summed E-state index contributed by atoms with van der Waals surface area (Å²) >= 11 is 1.30. The van der Waals surface area contributed by atoms with Crippen molar-refractivity contribution >= 4 is 17.0 Å². The lowest BCUT2D eigenvalue weighted by atomic mass is 10.3. The van der Waals surface area contributed by atoms with E-state index in [1.807, 2.05) is 0 Å². The Bertz CT molecular complexity index is 418. The van der Waals surface area contributed by atoms with Crippen LogP contribution in [0.15, 0.2) is 34.3 Å². The van der Waals surface area contributed by atoms with Gasteiger partial charge in [-0.25, -0.2) is 0 Å². The van der Waals surface area contributed by atoms with E-state index in [1.165, 1.54) is 23.7 Å². The van der Waals surface area contributed by atoms with E-state index in [-0.39, 0.29) is 5.69 Å². The van der Waals surface area contributed by atoms with Gasteiger partial charge in [0, 0.05) is 6.07 Å². The SMILES string of the molecule is O=[N+]([O-])c1ccsc1-c1ccco1. The molecule has 0 radical (unpaired) electrons. The van der Waals surface area contributed by atoms with Crippen molar-refractivity contribution in [1.29, 1.82) is 0 Å². The van der Waals surface area contributed by atoms with Crippen LogP contribution < -0.4 is 0 Å². The minimum atomic E-state index is -0.408. The van der Waals surface area contributed by atoms with Gasteiger partial charge in [-0.05, 0) is 17.5 Å². The fourth-order valence-electron chi connectivity index (χ4n) is 1.04. The summed E-state index contributed by atoms with van der Waals surface area (Å²) in [6.07, 6.45) is 1.50. The fourth-order valence-corrected chi connectivity index (χ4v) is 1.87. The van der Waals surface area contributed by atoms with Crippen molar-refractivity contribution in [2.24, 2.45) is 0 Å². The zero-order valence-corrected chi connectivity index (χ0v) is 7.28. The van der Waals surface area contributed by atoms with Gasteiger partial charge in [-0.15, -0.1) is 11.3 Å². The van der Waals surface area contributed by atoms with Crippen LogP contribution in [0.25, 0.3) is 10.6 Å². The van der Waals surface area contributed by atoms with E-state index in [0.29, 0.717) is 10.6 Å². The summed E-state index contributed by atoms with van der Waals surface area (Å²) < 4.78 is 5.07. The summed E-state index contributed by atoms with van der Waals surface area (Å²) in [5, 5.41) is 12.2. The third-order valence-electron chi connectivity index (χ3n) is 1.59. The van der Waals surface area contributed by atoms with E-state index in [4.69, 9.17) is 4.42 Å². The highest BCUT2D eigenvalue weighted by Crippen LogP contribution is 2.34. The molecule has 0 saturated heterocycles. The van der Waals surface area contributed by atoms with Crippen molar-refractivity contribution in [3.05, 3.63) is 40.0 Å². The molecule has 0 aromatic carbocycles. The van der Waals surface area contributed by atoms with Crippen LogP contribution in [0, 0.1) is 10.1 Å². The van der Waals surface area contributed by atoms with Crippen LogP contribution in [-0.4, -0.2) is 4.92 Å². The third-order valence-corrected chi connectivity index (χ3v) is 2.50. The average molecular weight is 195 g/mol.